The molecule has 1 aliphatic rings. The molecular formula is C20H20F3N5OS. The summed E-state index contributed by atoms with van der Waals surface area (Å²) in [5.41, 5.74) is 0.491. The molecule has 0 saturated heterocycles. The molecule has 0 unspecified atom stereocenters. The van der Waals surface area contributed by atoms with Crippen molar-refractivity contribution in [3.8, 4) is 5.69 Å². The van der Waals surface area contributed by atoms with Crippen LogP contribution in [0.25, 0.3) is 5.69 Å². The van der Waals surface area contributed by atoms with E-state index in [1.54, 1.807) is 6.07 Å². The monoisotopic (exact) mass is 435 g/mol. The quantitative estimate of drug-likeness (QED) is 0.587. The summed E-state index contributed by atoms with van der Waals surface area (Å²) >= 11 is 1.32. The molecule has 1 fully saturated rings. The number of rotatable bonds is 6. The number of anilines is 1. The maximum atomic E-state index is 13.1. The Labute approximate surface area is 175 Å². The standard InChI is InChI=1S/C20H20F3N5OS/c1-11(2)8-16-26-27-19(30-16)25-18(29)15-10-24-28(17(15)12-6-7-12)14-5-3-4-13(9-14)20(21,22)23/h3-5,9-12H,6-8H2,1-2H3,(H,25,27,29). The highest BCUT2D eigenvalue weighted by molar-refractivity contribution is 7.15. The van der Waals surface area contributed by atoms with Crippen molar-refractivity contribution in [2.24, 2.45) is 5.92 Å². The van der Waals surface area contributed by atoms with Crippen molar-refractivity contribution in [1.29, 1.82) is 0 Å². The Bertz CT molecular complexity index is 1070. The van der Waals surface area contributed by atoms with Gasteiger partial charge in [0.2, 0.25) is 5.13 Å². The Morgan fingerprint density at radius 3 is 2.73 bits per heavy atom. The first-order valence-electron chi connectivity index (χ1n) is 9.61. The van der Waals surface area contributed by atoms with Gasteiger partial charge >= 0.3 is 6.18 Å². The Morgan fingerprint density at radius 2 is 2.07 bits per heavy atom. The maximum Gasteiger partial charge on any atom is 0.416 e. The molecule has 30 heavy (non-hydrogen) atoms. The largest absolute Gasteiger partial charge is 0.416 e. The van der Waals surface area contributed by atoms with E-state index in [2.05, 4.69) is 34.5 Å². The highest BCUT2D eigenvalue weighted by Crippen LogP contribution is 2.43. The topological polar surface area (TPSA) is 72.7 Å². The van der Waals surface area contributed by atoms with Crippen LogP contribution in [0.1, 0.15) is 59.2 Å². The summed E-state index contributed by atoms with van der Waals surface area (Å²) in [6, 6.07) is 4.96. The third kappa shape index (κ3) is 4.38. The first-order valence-corrected chi connectivity index (χ1v) is 10.4. The molecule has 1 aliphatic carbocycles. The third-order valence-electron chi connectivity index (χ3n) is 4.70. The number of amides is 1. The lowest BCUT2D eigenvalue weighted by molar-refractivity contribution is -0.137. The molecule has 1 aromatic carbocycles. The molecule has 2 aromatic heterocycles. The van der Waals surface area contributed by atoms with Gasteiger partial charge in [-0.05, 0) is 37.0 Å². The third-order valence-corrected chi connectivity index (χ3v) is 5.56. The van der Waals surface area contributed by atoms with E-state index in [0.717, 1.165) is 36.4 Å². The van der Waals surface area contributed by atoms with Crippen LogP contribution in [0.3, 0.4) is 0 Å². The number of aromatic nitrogens is 4. The number of nitrogens with zero attached hydrogens (tertiary/aromatic N) is 4. The van der Waals surface area contributed by atoms with Crippen LogP contribution in [0.4, 0.5) is 18.3 Å². The molecule has 0 atom stereocenters. The highest BCUT2D eigenvalue weighted by Gasteiger charge is 2.34. The van der Waals surface area contributed by atoms with Gasteiger partial charge in [0, 0.05) is 12.3 Å². The van der Waals surface area contributed by atoms with Gasteiger partial charge in [-0.3, -0.25) is 10.1 Å². The van der Waals surface area contributed by atoms with E-state index in [-0.39, 0.29) is 17.5 Å². The Morgan fingerprint density at radius 1 is 1.30 bits per heavy atom. The highest BCUT2D eigenvalue weighted by atomic mass is 32.1. The van der Waals surface area contributed by atoms with Gasteiger partial charge in [-0.25, -0.2) is 4.68 Å². The van der Waals surface area contributed by atoms with Crippen LogP contribution in [-0.2, 0) is 12.6 Å². The number of nitrogens with one attached hydrogen (secondary N) is 1. The van der Waals surface area contributed by atoms with Gasteiger partial charge in [-0.15, -0.1) is 10.2 Å². The predicted octanol–water partition coefficient (Wildman–Crippen LogP) is 5.07. The first kappa shape index (κ1) is 20.5. The number of carbonyl (C=O) groups excluding carboxylic acids is 1. The number of carbonyl (C=O) groups is 1. The Hall–Kier alpha value is -2.75. The zero-order chi connectivity index (χ0) is 21.5. The van der Waals surface area contributed by atoms with E-state index >= 15 is 0 Å². The molecule has 4 rings (SSSR count). The van der Waals surface area contributed by atoms with E-state index < -0.39 is 11.7 Å². The molecule has 1 N–H and O–H groups in total. The van der Waals surface area contributed by atoms with E-state index in [0.29, 0.717) is 22.3 Å². The molecule has 0 aliphatic heterocycles. The lowest BCUT2D eigenvalue weighted by Gasteiger charge is -2.12. The normalized spacial score (nSPS) is 14.3. The van der Waals surface area contributed by atoms with Crippen LogP contribution in [-0.4, -0.2) is 25.9 Å². The van der Waals surface area contributed by atoms with Crippen LogP contribution in [0.2, 0.25) is 0 Å². The number of alkyl halides is 3. The Balaban J connectivity index is 1.62. The van der Waals surface area contributed by atoms with Crippen molar-refractivity contribution < 1.29 is 18.0 Å². The molecule has 10 heteroatoms. The first-order chi connectivity index (χ1) is 14.2. The molecule has 1 amide bonds. The average molecular weight is 435 g/mol. The summed E-state index contributed by atoms with van der Waals surface area (Å²) in [7, 11) is 0. The van der Waals surface area contributed by atoms with Crippen LogP contribution < -0.4 is 5.32 Å². The van der Waals surface area contributed by atoms with Crippen LogP contribution in [0.15, 0.2) is 30.5 Å². The number of halogens is 3. The maximum absolute atomic E-state index is 13.1. The fourth-order valence-electron chi connectivity index (χ4n) is 3.20. The van der Waals surface area contributed by atoms with E-state index in [9.17, 15) is 18.0 Å². The minimum absolute atomic E-state index is 0.0914. The second-order valence-electron chi connectivity index (χ2n) is 7.73. The van der Waals surface area contributed by atoms with Gasteiger partial charge in [0.05, 0.1) is 28.7 Å². The Kier molecular flexibility index (Phi) is 5.35. The van der Waals surface area contributed by atoms with Crippen molar-refractivity contribution in [3.63, 3.8) is 0 Å². The summed E-state index contributed by atoms with van der Waals surface area (Å²) < 4.78 is 40.8. The SMILES string of the molecule is CC(C)Cc1nnc(NC(=O)c2cnn(-c3cccc(C(F)(F)F)c3)c2C2CC2)s1. The van der Waals surface area contributed by atoms with Gasteiger partial charge in [-0.2, -0.15) is 18.3 Å². The van der Waals surface area contributed by atoms with Crippen LogP contribution in [0.5, 0.6) is 0 Å². The van der Waals surface area contributed by atoms with Gasteiger partial charge in [0.25, 0.3) is 5.91 Å². The molecule has 2 heterocycles. The smallest absolute Gasteiger partial charge is 0.296 e. The minimum Gasteiger partial charge on any atom is -0.296 e. The summed E-state index contributed by atoms with van der Waals surface area (Å²) in [6.07, 6.45) is -0.549. The van der Waals surface area contributed by atoms with Crippen LogP contribution >= 0.6 is 11.3 Å². The van der Waals surface area contributed by atoms with Crippen molar-refractivity contribution in [1.82, 2.24) is 20.0 Å². The molecule has 1 saturated carbocycles. The summed E-state index contributed by atoms with van der Waals surface area (Å²) in [5.74, 6) is 0.129. The number of hydrogen-bond donors (Lipinski definition) is 1. The van der Waals surface area contributed by atoms with E-state index in [4.69, 9.17) is 0 Å². The van der Waals surface area contributed by atoms with E-state index in [1.165, 1.54) is 28.3 Å². The fourth-order valence-corrected chi connectivity index (χ4v) is 4.15. The summed E-state index contributed by atoms with van der Waals surface area (Å²) in [5, 5.41) is 16.3. The van der Waals surface area contributed by atoms with Gasteiger partial charge in [-0.1, -0.05) is 31.3 Å². The summed E-state index contributed by atoms with van der Waals surface area (Å²) in [4.78, 5) is 12.9. The lowest BCUT2D eigenvalue weighted by atomic mass is 10.1. The van der Waals surface area contributed by atoms with Crippen molar-refractivity contribution >= 4 is 22.4 Å². The fraction of sp³-hybridized carbons (Fsp3) is 0.400. The van der Waals surface area contributed by atoms with Gasteiger partial charge in [0.15, 0.2) is 0 Å². The average Bonchev–Trinajstić information content (AvgIpc) is 3.26. The molecule has 0 radical (unpaired) electrons. The zero-order valence-electron chi connectivity index (χ0n) is 16.4. The molecular weight excluding hydrogens is 415 g/mol. The van der Waals surface area contributed by atoms with Gasteiger partial charge < -0.3 is 0 Å². The van der Waals surface area contributed by atoms with Crippen molar-refractivity contribution in [2.45, 2.75) is 45.2 Å². The minimum atomic E-state index is -4.45. The van der Waals surface area contributed by atoms with Crippen molar-refractivity contribution in [2.75, 3.05) is 5.32 Å². The molecule has 3 aromatic rings. The van der Waals surface area contributed by atoms with Gasteiger partial charge in [0.1, 0.15) is 5.01 Å². The number of benzene rings is 1. The van der Waals surface area contributed by atoms with Crippen LogP contribution in [0, 0.1) is 5.92 Å². The molecule has 0 spiro atoms. The predicted molar refractivity (Wildman–Crippen MR) is 107 cm³/mol. The van der Waals surface area contributed by atoms with E-state index in [1.807, 2.05) is 0 Å². The number of hydrogen-bond acceptors (Lipinski definition) is 5. The lowest BCUT2D eigenvalue weighted by Crippen LogP contribution is -2.14. The zero-order valence-corrected chi connectivity index (χ0v) is 17.2. The summed E-state index contributed by atoms with van der Waals surface area (Å²) in [6.45, 7) is 4.15. The molecule has 158 valence electrons. The second kappa shape index (κ2) is 7.82. The molecule has 0 bridgehead atoms. The molecule has 6 nitrogen and oxygen atoms in total. The van der Waals surface area contributed by atoms with Crippen molar-refractivity contribution in [3.05, 3.63) is 52.3 Å². The second-order valence-corrected chi connectivity index (χ2v) is 8.79.